The lowest BCUT2D eigenvalue weighted by molar-refractivity contribution is -0.137. The molecule has 21 heavy (non-hydrogen) atoms. The predicted molar refractivity (Wildman–Crippen MR) is 83.2 cm³/mol. The summed E-state index contributed by atoms with van der Waals surface area (Å²) >= 11 is 0. The van der Waals surface area contributed by atoms with E-state index in [1.807, 2.05) is 14.0 Å². The third-order valence-electron chi connectivity index (χ3n) is 3.74. The van der Waals surface area contributed by atoms with Crippen molar-refractivity contribution < 1.29 is 14.7 Å². The van der Waals surface area contributed by atoms with Gasteiger partial charge in [0.05, 0.1) is 0 Å². The molecule has 4 heteroatoms. The Hall–Kier alpha value is -1.84. The molecule has 0 heterocycles. The van der Waals surface area contributed by atoms with Crippen molar-refractivity contribution in [2.24, 2.45) is 0 Å². The van der Waals surface area contributed by atoms with Crippen LogP contribution in [-0.2, 0) is 16.0 Å². The van der Waals surface area contributed by atoms with Crippen LogP contribution in [0.25, 0.3) is 0 Å². The van der Waals surface area contributed by atoms with Gasteiger partial charge in [-0.25, -0.2) is 0 Å². The first-order chi connectivity index (χ1) is 9.90. The van der Waals surface area contributed by atoms with Gasteiger partial charge in [0, 0.05) is 25.9 Å². The molecule has 1 amide bonds. The number of rotatable bonds is 8. The number of aliphatic carboxylic acids is 1. The highest BCUT2D eigenvalue weighted by molar-refractivity contribution is 5.76. The Balaban J connectivity index is 2.38. The maximum Gasteiger partial charge on any atom is 0.303 e. The summed E-state index contributed by atoms with van der Waals surface area (Å²) in [6.45, 7) is 4.09. The molecule has 0 aliphatic carbocycles. The number of nitrogens with zero attached hydrogens (tertiary/aromatic N) is 1. The molecule has 1 N–H and O–H groups in total. The van der Waals surface area contributed by atoms with Crippen LogP contribution >= 0.6 is 0 Å². The number of unbranched alkanes of at least 4 members (excludes halogenated alkanes) is 1. The third kappa shape index (κ3) is 6.43. The van der Waals surface area contributed by atoms with Crippen LogP contribution in [0, 0.1) is 6.92 Å². The van der Waals surface area contributed by atoms with E-state index in [1.165, 1.54) is 11.1 Å². The average molecular weight is 291 g/mol. The zero-order chi connectivity index (χ0) is 15.8. The van der Waals surface area contributed by atoms with Gasteiger partial charge in [-0.3, -0.25) is 9.59 Å². The highest BCUT2D eigenvalue weighted by atomic mass is 16.4. The molecule has 1 aromatic rings. The van der Waals surface area contributed by atoms with E-state index in [0.717, 1.165) is 6.42 Å². The third-order valence-corrected chi connectivity index (χ3v) is 3.74. The molecule has 0 spiro atoms. The number of aryl methyl sites for hydroxylation is 1. The van der Waals surface area contributed by atoms with Crippen LogP contribution in [0.5, 0.6) is 0 Å². The lowest BCUT2D eigenvalue weighted by atomic mass is 10.0. The van der Waals surface area contributed by atoms with Gasteiger partial charge in [0.25, 0.3) is 0 Å². The highest BCUT2D eigenvalue weighted by Gasteiger charge is 2.15. The van der Waals surface area contributed by atoms with Crippen molar-refractivity contribution in [2.45, 2.75) is 52.0 Å². The Morgan fingerprint density at radius 1 is 1.14 bits per heavy atom. The molecule has 0 aliphatic rings. The molecule has 0 bridgehead atoms. The first-order valence-corrected chi connectivity index (χ1v) is 7.43. The minimum Gasteiger partial charge on any atom is -0.481 e. The first kappa shape index (κ1) is 17.2. The summed E-state index contributed by atoms with van der Waals surface area (Å²) < 4.78 is 0. The van der Waals surface area contributed by atoms with Gasteiger partial charge >= 0.3 is 5.97 Å². The molecule has 1 atom stereocenters. The lowest BCUT2D eigenvalue weighted by Gasteiger charge is -2.25. The maximum absolute atomic E-state index is 12.1. The molecular weight excluding hydrogens is 266 g/mol. The summed E-state index contributed by atoms with van der Waals surface area (Å²) in [6, 6.07) is 8.49. The molecule has 0 aromatic heterocycles. The summed E-state index contributed by atoms with van der Waals surface area (Å²) in [6.07, 6.45) is 2.57. The predicted octanol–water partition coefficient (Wildman–Crippen LogP) is 3.03. The number of benzene rings is 1. The number of hydrogen-bond acceptors (Lipinski definition) is 2. The van der Waals surface area contributed by atoms with E-state index in [2.05, 4.69) is 31.2 Å². The highest BCUT2D eigenvalue weighted by Crippen LogP contribution is 2.11. The molecule has 1 aromatic carbocycles. The van der Waals surface area contributed by atoms with Crippen molar-refractivity contribution in [1.29, 1.82) is 0 Å². The van der Waals surface area contributed by atoms with Gasteiger partial charge in [-0.05, 0) is 38.7 Å². The van der Waals surface area contributed by atoms with Crippen molar-refractivity contribution in [1.82, 2.24) is 4.90 Å². The van der Waals surface area contributed by atoms with Crippen LogP contribution in [-0.4, -0.2) is 35.0 Å². The van der Waals surface area contributed by atoms with Gasteiger partial charge in [0.2, 0.25) is 5.91 Å². The largest absolute Gasteiger partial charge is 0.481 e. The normalized spacial score (nSPS) is 12.0. The number of hydrogen-bond donors (Lipinski definition) is 1. The van der Waals surface area contributed by atoms with Crippen LogP contribution < -0.4 is 0 Å². The topological polar surface area (TPSA) is 57.6 Å². The molecule has 1 rings (SSSR count). The van der Waals surface area contributed by atoms with E-state index in [9.17, 15) is 9.59 Å². The monoisotopic (exact) mass is 291 g/mol. The van der Waals surface area contributed by atoms with E-state index in [-0.39, 0.29) is 18.4 Å². The fourth-order valence-electron chi connectivity index (χ4n) is 2.18. The Morgan fingerprint density at radius 3 is 2.29 bits per heavy atom. The molecule has 0 saturated carbocycles. The van der Waals surface area contributed by atoms with E-state index in [4.69, 9.17) is 5.11 Å². The molecule has 0 radical (unpaired) electrons. The number of carboxylic acid groups (broad SMARTS) is 1. The summed E-state index contributed by atoms with van der Waals surface area (Å²) in [5.41, 5.74) is 2.45. The fourth-order valence-corrected chi connectivity index (χ4v) is 2.18. The summed E-state index contributed by atoms with van der Waals surface area (Å²) in [5.74, 6) is -0.719. The molecule has 0 saturated heterocycles. The second-order valence-corrected chi connectivity index (χ2v) is 5.64. The van der Waals surface area contributed by atoms with E-state index >= 15 is 0 Å². The van der Waals surface area contributed by atoms with Crippen LogP contribution in [0.15, 0.2) is 24.3 Å². The minimum atomic E-state index is -0.802. The van der Waals surface area contributed by atoms with Crippen LogP contribution in [0.2, 0.25) is 0 Å². The molecular formula is C17H25NO3. The van der Waals surface area contributed by atoms with Crippen LogP contribution in [0.1, 0.15) is 43.7 Å². The summed E-state index contributed by atoms with van der Waals surface area (Å²) in [4.78, 5) is 24.2. The Morgan fingerprint density at radius 2 is 1.71 bits per heavy atom. The standard InChI is InChI=1S/C17H25NO3/c1-13-8-10-15(11-9-13)12-14(2)18(3)16(19)6-4-5-7-17(20)21/h8-11,14H,4-7,12H2,1-3H3,(H,20,21). The number of carbonyl (C=O) groups excluding carboxylic acids is 1. The van der Waals surface area contributed by atoms with Crippen LogP contribution in [0.3, 0.4) is 0 Å². The fraction of sp³-hybridized carbons (Fsp3) is 0.529. The Labute approximate surface area is 126 Å². The second-order valence-electron chi connectivity index (χ2n) is 5.64. The first-order valence-electron chi connectivity index (χ1n) is 7.43. The van der Waals surface area contributed by atoms with Gasteiger partial charge in [0.15, 0.2) is 0 Å². The van der Waals surface area contributed by atoms with Crippen molar-refractivity contribution in [3.8, 4) is 0 Å². The zero-order valence-electron chi connectivity index (χ0n) is 13.1. The minimum absolute atomic E-state index is 0.0833. The van der Waals surface area contributed by atoms with Gasteiger partial charge < -0.3 is 10.0 Å². The maximum atomic E-state index is 12.1. The molecule has 4 nitrogen and oxygen atoms in total. The lowest BCUT2D eigenvalue weighted by Crippen LogP contribution is -2.36. The number of amides is 1. The van der Waals surface area contributed by atoms with Crippen LogP contribution in [0.4, 0.5) is 0 Å². The SMILES string of the molecule is Cc1ccc(CC(C)N(C)C(=O)CCCCC(=O)O)cc1. The van der Waals surface area contributed by atoms with E-state index in [1.54, 1.807) is 4.90 Å². The van der Waals surface area contributed by atoms with Gasteiger partial charge in [-0.2, -0.15) is 0 Å². The van der Waals surface area contributed by atoms with Gasteiger partial charge in [-0.1, -0.05) is 29.8 Å². The van der Waals surface area contributed by atoms with Crippen molar-refractivity contribution in [3.05, 3.63) is 35.4 Å². The van der Waals surface area contributed by atoms with E-state index < -0.39 is 5.97 Å². The number of carbonyl (C=O) groups is 2. The Bertz CT molecular complexity index is 467. The van der Waals surface area contributed by atoms with Crippen molar-refractivity contribution in [3.63, 3.8) is 0 Å². The smallest absolute Gasteiger partial charge is 0.303 e. The molecule has 0 aliphatic heterocycles. The second kappa shape index (κ2) is 8.45. The summed E-state index contributed by atoms with van der Waals surface area (Å²) in [5, 5.41) is 8.56. The van der Waals surface area contributed by atoms with Gasteiger partial charge in [-0.15, -0.1) is 0 Å². The van der Waals surface area contributed by atoms with Crippen molar-refractivity contribution in [2.75, 3.05) is 7.05 Å². The van der Waals surface area contributed by atoms with Gasteiger partial charge in [0.1, 0.15) is 0 Å². The summed E-state index contributed by atoms with van der Waals surface area (Å²) in [7, 11) is 1.82. The molecule has 0 fully saturated rings. The Kier molecular flexibility index (Phi) is 6.92. The zero-order valence-corrected chi connectivity index (χ0v) is 13.1. The van der Waals surface area contributed by atoms with E-state index in [0.29, 0.717) is 19.3 Å². The van der Waals surface area contributed by atoms with Crippen molar-refractivity contribution >= 4 is 11.9 Å². The number of likely N-dealkylation sites (N-methyl/N-ethyl adjacent to an activating group) is 1. The number of carboxylic acids is 1. The quantitative estimate of drug-likeness (QED) is 0.749. The molecule has 116 valence electrons. The molecule has 1 unspecified atom stereocenters. The average Bonchev–Trinajstić information content (AvgIpc) is 2.44.